The number of rotatable bonds is 9. The largest absolute Gasteiger partial charge is 0.338 e. The van der Waals surface area contributed by atoms with Gasteiger partial charge in [0.05, 0.1) is 15.8 Å². The number of amides is 1. The fraction of sp³-hybridized carbons (Fsp3) is 0.368. The van der Waals surface area contributed by atoms with Gasteiger partial charge >= 0.3 is 0 Å². The normalized spacial score (nSPS) is 12.8. The van der Waals surface area contributed by atoms with Crippen LogP contribution in [-0.2, 0) is 14.8 Å². The lowest BCUT2D eigenvalue weighted by Crippen LogP contribution is -2.30. The lowest BCUT2D eigenvalue weighted by molar-refractivity contribution is -0.115. The predicted molar refractivity (Wildman–Crippen MR) is 121 cm³/mol. The Morgan fingerprint density at radius 3 is 2.62 bits per heavy atom. The van der Waals surface area contributed by atoms with Crippen LogP contribution in [0.4, 0.5) is 5.88 Å². The number of nitrogens with two attached hydrogens (primary N) is 1. The molecule has 32 heavy (non-hydrogen) atoms. The van der Waals surface area contributed by atoms with Crippen LogP contribution in [0.1, 0.15) is 26.5 Å². The first-order valence-corrected chi connectivity index (χ1v) is 12.2. The standard InChI is InChI=1S/C19H25N7O4S2/c1-5-25(6-2)32(28,29)15-9-7-8-14(11-15)17-22-23-19(26(17)20)31-13(4)18(27)21-16-10-12(3)24-30-16/h7-11,13H,5-6,20H2,1-4H3,(H,21,27)/t13-/m0/s1. The molecule has 172 valence electrons. The minimum atomic E-state index is -3.63. The number of nitrogen functional groups attached to an aromatic ring is 1. The van der Waals surface area contributed by atoms with Crippen LogP contribution in [-0.4, -0.2) is 57.0 Å². The van der Waals surface area contributed by atoms with Gasteiger partial charge in [0.25, 0.3) is 0 Å². The third-order valence-corrected chi connectivity index (χ3v) is 7.73. The molecule has 0 spiro atoms. The molecule has 2 aromatic heterocycles. The highest BCUT2D eigenvalue weighted by atomic mass is 32.2. The van der Waals surface area contributed by atoms with E-state index >= 15 is 0 Å². The van der Waals surface area contributed by atoms with E-state index in [9.17, 15) is 13.2 Å². The third kappa shape index (κ3) is 4.95. The number of aryl methyl sites for hydroxylation is 1. The van der Waals surface area contributed by atoms with Crippen molar-refractivity contribution in [1.29, 1.82) is 0 Å². The molecule has 11 nitrogen and oxygen atoms in total. The van der Waals surface area contributed by atoms with Crippen molar-refractivity contribution in [2.45, 2.75) is 43.0 Å². The summed E-state index contributed by atoms with van der Waals surface area (Å²) >= 11 is 1.11. The molecule has 1 amide bonds. The number of thioether (sulfide) groups is 1. The fourth-order valence-corrected chi connectivity index (χ4v) is 5.19. The van der Waals surface area contributed by atoms with Gasteiger partial charge in [0.15, 0.2) is 5.82 Å². The number of hydrogen-bond donors (Lipinski definition) is 2. The maximum atomic E-state index is 12.8. The van der Waals surface area contributed by atoms with Crippen LogP contribution in [0.25, 0.3) is 11.4 Å². The molecule has 0 fully saturated rings. The smallest absolute Gasteiger partial charge is 0.243 e. The summed E-state index contributed by atoms with van der Waals surface area (Å²) in [6, 6.07) is 7.98. The number of anilines is 1. The summed E-state index contributed by atoms with van der Waals surface area (Å²) in [6.45, 7) is 7.74. The van der Waals surface area contributed by atoms with E-state index < -0.39 is 15.3 Å². The van der Waals surface area contributed by atoms with Crippen molar-refractivity contribution >= 4 is 33.6 Å². The molecule has 0 saturated carbocycles. The molecule has 1 aromatic carbocycles. The summed E-state index contributed by atoms with van der Waals surface area (Å²) in [5.74, 6) is 6.38. The van der Waals surface area contributed by atoms with Gasteiger partial charge in [-0.3, -0.25) is 10.1 Å². The highest BCUT2D eigenvalue weighted by Gasteiger charge is 2.24. The van der Waals surface area contributed by atoms with Crippen molar-refractivity contribution < 1.29 is 17.7 Å². The Morgan fingerprint density at radius 2 is 2.00 bits per heavy atom. The molecule has 3 N–H and O–H groups in total. The van der Waals surface area contributed by atoms with Crippen molar-refractivity contribution in [2.24, 2.45) is 0 Å². The Labute approximate surface area is 190 Å². The molecule has 3 rings (SSSR count). The summed E-state index contributed by atoms with van der Waals surface area (Å²) in [6.07, 6.45) is 0. The monoisotopic (exact) mass is 479 g/mol. The minimum absolute atomic E-state index is 0.144. The Hall–Kier alpha value is -2.90. The number of aromatic nitrogens is 4. The average Bonchev–Trinajstić information content (AvgIpc) is 3.34. The molecular formula is C19H25N7O4S2. The van der Waals surface area contributed by atoms with Crippen molar-refractivity contribution in [2.75, 3.05) is 24.2 Å². The molecule has 3 aromatic rings. The van der Waals surface area contributed by atoms with E-state index in [1.54, 1.807) is 45.9 Å². The second kappa shape index (κ2) is 9.71. The molecule has 0 aliphatic carbocycles. The highest BCUT2D eigenvalue weighted by molar-refractivity contribution is 8.00. The van der Waals surface area contributed by atoms with Gasteiger partial charge in [-0.1, -0.05) is 42.9 Å². The van der Waals surface area contributed by atoms with Gasteiger partial charge in [0.2, 0.25) is 27.0 Å². The van der Waals surface area contributed by atoms with Crippen LogP contribution in [0.15, 0.2) is 44.9 Å². The summed E-state index contributed by atoms with van der Waals surface area (Å²) in [5.41, 5.74) is 1.14. The quantitative estimate of drug-likeness (QED) is 0.347. The van der Waals surface area contributed by atoms with E-state index in [0.717, 1.165) is 11.8 Å². The van der Waals surface area contributed by atoms with E-state index in [1.807, 2.05) is 0 Å². The van der Waals surface area contributed by atoms with Crippen molar-refractivity contribution in [1.82, 2.24) is 24.3 Å². The van der Waals surface area contributed by atoms with Gasteiger partial charge < -0.3 is 10.4 Å². The fourth-order valence-electron chi connectivity index (χ4n) is 2.92. The second-order valence-corrected chi connectivity index (χ2v) is 10.1. The first kappa shape index (κ1) is 23.8. The SMILES string of the molecule is CCN(CC)S(=O)(=O)c1cccc(-c2nnc(S[C@@H](C)C(=O)Nc3cc(C)no3)n2N)c1. The summed E-state index contributed by atoms with van der Waals surface area (Å²) in [5, 5.41) is 14.2. The van der Waals surface area contributed by atoms with E-state index in [2.05, 4.69) is 20.7 Å². The highest BCUT2D eigenvalue weighted by Crippen LogP contribution is 2.27. The Kier molecular flexibility index (Phi) is 7.21. The van der Waals surface area contributed by atoms with Crippen LogP contribution in [0.2, 0.25) is 0 Å². The van der Waals surface area contributed by atoms with Gasteiger partial charge in [-0.25, -0.2) is 13.1 Å². The van der Waals surface area contributed by atoms with E-state index in [0.29, 0.717) is 29.5 Å². The van der Waals surface area contributed by atoms with E-state index in [1.165, 1.54) is 21.1 Å². The Morgan fingerprint density at radius 1 is 1.28 bits per heavy atom. The topological polar surface area (TPSA) is 149 Å². The van der Waals surface area contributed by atoms with Gasteiger partial charge in [0.1, 0.15) is 0 Å². The molecule has 0 unspecified atom stereocenters. The summed E-state index contributed by atoms with van der Waals surface area (Å²) in [4.78, 5) is 12.5. The second-order valence-electron chi connectivity index (χ2n) is 6.88. The molecule has 0 radical (unpaired) electrons. The van der Waals surface area contributed by atoms with Crippen LogP contribution in [0, 0.1) is 6.92 Å². The van der Waals surface area contributed by atoms with Crippen molar-refractivity contribution in [3.8, 4) is 11.4 Å². The van der Waals surface area contributed by atoms with Gasteiger partial charge in [0, 0.05) is 24.7 Å². The summed E-state index contributed by atoms with van der Waals surface area (Å²) < 4.78 is 33.3. The van der Waals surface area contributed by atoms with Crippen molar-refractivity contribution in [3.63, 3.8) is 0 Å². The van der Waals surface area contributed by atoms with Gasteiger partial charge in [-0.15, -0.1) is 10.2 Å². The zero-order valence-electron chi connectivity index (χ0n) is 18.1. The predicted octanol–water partition coefficient (Wildman–Crippen LogP) is 2.11. The molecule has 13 heteroatoms. The lowest BCUT2D eigenvalue weighted by Gasteiger charge is -2.18. The first-order chi connectivity index (χ1) is 15.2. The van der Waals surface area contributed by atoms with Crippen LogP contribution >= 0.6 is 11.8 Å². The number of carbonyl (C=O) groups excluding carboxylic acids is 1. The Balaban J connectivity index is 1.79. The number of carbonyl (C=O) groups is 1. The number of benzene rings is 1. The van der Waals surface area contributed by atoms with Crippen LogP contribution in [0.3, 0.4) is 0 Å². The number of nitrogens with zero attached hydrogens (tertiary/aromatic N) is 5. The molecule has 2 heterocycles. The molecule has 0 bridgehead atoms. The first-order valence-electron chi connectivity index (χ1n) is 9.89. The maximum Gasteiger partial charge on any atom is 0.243 e. The molecule has 0 saturated heterocycles. The molecular weight excluding hydrogens is 454 g/mol. The number of hydrogen-bond acceptors (Lipinski definition) is 9. The van der Waals surface area contributed by atoms with Gasteiger partial charge in [-0.05, 0) is 26.0 Å². The zero-order valence-corrected chi connectivity index (χ0v) is 19.8. The van der Waals surface area contributed by atoms with E-state index in [-0.39, 0.29) is 22.5 Å². The Bertz CT molecular complexity index is 1200. The van der Waals surface area contributed by atoms with Crippen molar-refractivity contribution in [3.05, 3.63) is 36.0 Å². The lowest BCUT2D eigenvalue weighted by atomic mass is 10.2. The maximum absolute atomic E-state index is 12.8. The van der Waals surface area contributed by atoms with Crippen LogP contribution in [0.5, 0.6) is 0 Å². The van der Waals surface area contributed by atoms with Gasteiger partial charge in [-0.2, -0.15) is 4.31 Å². The molecule has 1 atom stereocenters. The molecule has 0 aliphatic rings. The number of nitrogens with one attached hydrogen (secondary N) is 1. The minimum Gasteiger partial charge on any atom is -0.338 e. The zero-order chi connectivity index (χ0) is 23.5. The van der Waals surface area contributed by atoms with E-state index in [4.69, 9.17) is 10.4 Å². The summed E-state index contributed by atoms with van der Waals surface area (Å²) in [7, 11) is -3.63. The number of sulfonamides is 1. The van der Waals surface area contributed by atoms with Crippen LogP contribution < -0.4 is 11.2 Å². The third-order valence-electron chi connectivity index (χ3n) is 4.63. The average molecular weight is 480 g/mol. The molecule has 0 aliphatic heterocycles.